The molecule has 0 amide bonds. The fourth-order valence-electron chi connectivity index (χ4n) is 2.16. The summed E-state index contributed by atoms with van der Waals surface area (Å²) in [6.07, 6.45) is 1.06. The molecule has 2 aliphatic heterocycles. The first-order valence-electron chi connectivity index (χ1n) is 6.43. The van der Waals surface area contributed by atoms with Gasteiger partial charge >= 0.3 is 0 Å². The highest BCUT2D eigenvalue weighted by Crippen LogP contribution is 2.74. The van der Waals surface area contributed by atoms with Crippen molar-refractivity contribution in [1.29, 1.82) is 0 Å². The van der Waals surface area contributed by atoms with Crippen LogP contribution in [0.3, 0.4) is 0 Å². The lowest BCUT2D eigenvalue weighted by atomic mass is 10.4. The Bertz CT molecular complexity index is 735. The summed E-state index contributed by atoms with van der Waals surface area (Å²) < 4.78 is 26.5. The molecule has 2 heterocycles. The summed E-state index contributed by atoms with van der Waals surface area (Å²) in [6, 6.07) is 6.59. The molecular formula is C10H14Cl3N5OP2S. The van der Waals surface area contributed by atoms with Crippen LogP contribution >= 0.6 is 47.2 Å². The second kappa shape index (κ2) is 6.47. The maximum absolute atomic E-state index is 13.3. The van der Waals surface area contributed by atoms with Crippen LogP contribution < -0.4 is 10.6 Å². The fourth-order valence-corrected chi connectivity index (χ4v) is 15.0. The van der Waals surface area contributed by atoms with Crippen LogP contribution in [0.25, 0.3) is 0 Å². The molecule has 1 atom stereocenters. The van der Waals surface area contributed by atoms with E-state index < -0.39 is 23.4 Å². The van der Waals surface area contributed by atoms with Gasteiger partial charge in [0.25, 0.3) is 5.91 Å². The first-order chi connectivity index (χ1) is 10.3. The van der Waals surface area contributed by atoms with Crippen LogP contribution in [0.4, 0.5) is 0 Å². The Balaban J connectivity index is 2.18. The Morgan fingerprint density at radius 3 is 2.27 bits per heavy atom. The minimum absolute atomic E-state index is 0.459. The molecule has 1 aromatic carbocycles. The molecule has 1 saturated heterocycles. The normalized spacial score (nSPS) is 29.8. The Labute approximate surface area is 145 Å². The molecule has 1 unspecified atom stereocenters. The summed E-state index contributed by atoms with van der Waals surface area (Å²) in [5.74, 6) is -3.03. The van der Waals surface area contributed by atoms with E-state index in [-0.39, 0.29) is 0 Å². The molecule has 0 aliphatic carbocycles. The molecule has 6 nitrogen and oxygen atoms in total. The number of benzene rings is 1. The topological polar surface area (TPSA) is 84.2 Å². The number of hydrogen-bond acceptors (Lipinski definition) is 6. The van der Waals surface area contributed by atoms with Crippen LogP contribution in [0, 0.1) is 0 Å². The van der Waals surface area contributed by atoms with Gasteiger partial charge in [-0.2, -0.15) is 0 Å². The van der Waals surface area contributed by atoms with Crippen molar-refractivity contribution in [1.82, 2.24) is 10.6 Å². The maximum atomic E-state index is 13.3. The molecule has 2 aliphatic rings. The zero-order valence-corrected chi connectivity index (χ0v) is 16.2. The number of rotatable bonds is 1. The molecule has 1 aromatic rings. The molecular weight excluding hydrogens is 407 g/mol. The Kier molecular flexibility index (Phi) is 5.12. The van der Waals surface area contributed by atoms with E-state index >= 15 is 0 Å². The molecule has 1 spiro atoms. The first kappa shape index (κ1) is 17.4. The van der Waals surface area contributed by atoms with Crippen molar-refractivity contribution < 1.29 is 4.55 Å². The third-order valence-corrected chi connectivity index (χ3v) is 14.0. The monoisotopic (exact) mass is 419 g/mol. The standard InChI is InChI=1S/C10H14Cl3N5OP2S/c11-9-1-3-10(4-2-9)22(19)17-20(16-21(12,13)18-22)7-14-5-6-15-8-20/h1-4,14-15H,5-8H2. The van der Waals surface area contributed by atoms with Crippen LogP contribution in [0.1, 0.15) is 0 Å². The van der Waals surface area contributed by atoms with Crippen LogP contribution in [-0.2, 0) is 10.3 Å². The van der Waals surface area contributed by atoms with Gasteiger partial charge in [0, 0.05) is 18.1 Å². The second-order valence-corrected chi connectivity index (χ2v) is 15.4. The van der Waals surface area contributed by atoms with Crippen molar-refractivity contribution in [2.24, 2.45) is 12.8 Å². The van der Waals surface area contributed by atoms with E-state index in [1.54, 1.807) is 24.3 Å². The highest BCUT2D eigenvalue weighted by Gasteiger charge is 2.37. The van der Waals surface area contributed by atoms with Crippen LogP contribution in [0.15, 0.2) is 42.0 Å². The highest BCUT2D eigenvalue weighted by molar-refractivity contribution is 8.18. The van der Waals surface area contributed by atoms with Gasteiger partial charge in [0.05, 0.1) is 22.9 Å². The number of nitrogens with one attached hydrogen (secondary N) is 2. The summed E-state index contributed by atoms with van der Waals surface area (Å²) in [6.45, 7) is 1.59. The summed E-state index contributed by atoms with van der Waals surface area (Å²) >= 11 is 18.4. The molecule has 0 saturated carbocycles. The molecule has 1 fully saturated rings. The van der Waals surface area contributed by atoms with Gasteiger partial charge in [-0.05, 0) is 50.9 Å². The first-order valence-corrected chi connectivity index (χ1v) is 13.9. The van der Waals surface area contributed by atoms with Gasteiger partial charge in [0.2, 0.25) is 0 Å². The fraction of sp³-hybridized carbons (Fsp3) is 0.400. The molecule has 0 radical (unpaired) electrons. The second-order valence-electron chi connectivity index (χ2n) is 4.85. The number of nitrogens with zero attached hydrogens (tertiary/aromatic N) is 3. The molecule has 12 heteroatoms. The van der Waals surface area contributed by atoms with Crippen molar-refractivity contribution in [2.45, 2.75) is 4.90 Å². The predicted molar refractivity (Wildman–Crippen MR) is 96.4 cm³/mol. The van der Waals surface area contributed by atoms with Gasteiger partial charge in [-0.3, -0.25) is 0 Å². The summed E-state index contributed by atoms with van der Waals surface area (Å²) in [5.41, 5.74) is 0. The van der Waals surface area contributed by atoms with Gasteiger partial charge in [0.1, 0.15) is 0 Å². The van der Waals surface area contributed by atoms with Gasteiger partial charge in [-0.15, -0.1) is 0 Å². The van der Waals surface area contributed by atoms with Crippen molar-refractivity contribution in [3.05, 3.63) is 29.3 Å². The van der Waals surface area contributed by atoms with E-state index in [1.165, 1.54) is 0 Å². The lowest BCUT2D eigenvalue weighted by Crippen LogP contribution is -2.21. The maximum Gasteiger partial charge on any atom is 0.300 e. The van der Waals surface area contributed by atoms with E-state index in [2.05, 4.69) is 23.4 Å². The Hall–Kier alpha value is 0.580. The molecule has 0 aromatic heterocycles. The lowest BCUT2D eigenvalue weighted by molar-refractivity contribution is 0.587. The number of halogens is 3. The summed E-state index contributed by atoms with van der Waals surface area (Å²) in [7, 11) is -5.40. The summed E-state index contributed by atoms with van der Waals surface area (Å²) in [5, 5.41) is 7.06. The Morgan fingerprint density at radius 1 is 1.09 bits per heavy atom. The van der Waals surface area contributed by atoms with Gasteiger partial charge in [-0.25, -0.2) is 4.52 Å². The van der Waals surface area contributed by atoms with Crippen molar-refractivity contribution in [3.8, 4) is 0 Å². The van der Waals surface area contributed by atoms with Crippen LogP contribution in [0.2, 0.25) is 5.02 Å². The predicted octanol–water partition coefficient (Wildman–Crippen LogP) is 4.74. The van der Waals surface area contributed by atoms with E-state index in [4.69, 9.17) is 34.1 Å². The van der Waals surface area contributed by atoms with E-state index in [1.807, 2.05) is 0 Å². The van der Waals surface area contributed by atoms with Gasteiger partial charge in [0.15, 0.2) is 12.1 Å². The minimum Gasteiger partial charge on any atom is -0.603 e. The third kappa shape index (κ3) is 3.80. The smallest absolute Gasteiger partial charge is 0.300 e. The number of hydrogen-bond donors (Lipinski definition) is 2. The Morgan fingerprint density at radius 2 is 1.68 bits per heavy atom. The van der Waals surface area contributed by atoms with Crippen molar-refractivity contribution >= 4 is 57.5 Å². The van der Waals surface area contributed by atoms with Crippen LogP contribution in [-0.4, -0.2) is 30.2 Å². The zero-order valence-electron chi connectivity index (χ0n) is 11.3. The SMILES string of the molecule is [O-][S+]1(c2ccc(Cl)cc2)=NP(Cl)(Cl)=NP2(=N1)CNCCNC2. The van der Waals surface area contributed by atoms with E-state index in [9.17, 15) is 4.55 Å². The molecule has 0 bridgehead atoms. The zero-order chi connectivity index (χ0) is 15.8. The average Bonchev–Trinajstić information content (AvgIpc) is 2.62. The highest BCUT2D eigenvalue weighted by atomic mass is 35.9. The average molecular weight is 421 g/mol. The van der Waals surface area contributed by atoms with Crippen LogP contribution in [0.5, 0.6) is 0 Å². The quantitative estimate of drug-likeness (QED) is 0.508. The van der Waals surface area contributed by atoms with E-state index in [0.717, 1.165) is 13.1 Å². The van der Waals surface area contributed by atoms with Crippen molar-refractivity contribution in [2.75, 3.05) is 25.7 Å². The molecule has 122 valence electrons. The molecule has 2 N–H and O–H groups in total. The van der Waals surface area contributed by atoms with Gasteiger partial charge < -0.3 is 15.2 Å². The van der Waals surface area contributed by atoms with Crippen molar-refractivity contribution in [3.63, 3.8) is 0 Å². The summed E-state index contributed by atoms with van der Waals surface area (Å²) in [4.78, 5) is 0.459. The van der Waals surface area contributed by atoms with Gasteiger partial charge in [-0.1, -0.05) is 15.8 Å². The lowest BCUT2D eigenvalue weighted by Gasteiger charge is -2.27. The molecule has 3 rings (SSSR count). The molecule has 22 heavy (non-hydrogen) atoms. The third-order valence-electron chi connectivity index (χ3n) is 3.07. The van der Waals surface area contributed by atoms with E-state index in [0.29, 0.717) is 22.5 Å². The largest absolute Gasteiger partial charge is 0.603 e. The minimum atomic E-state index is -3.07.